The molecular formula is C23H20ClN3O3. The average Bonchev–Trinajstić information content (AvgIpc) is 3.38. The van der Waals surface area contributed by atoms with Gasteiger partial charge in [-0.25, -0.2) is 0 Å². The van der Waals surface area contributed by atoms with Gasteiger partial charge in [0.25, 0.3) is 5.91 Å². The molecule has 0 aliphatic heterocycles. The molecule has 6 nitrogen and oxygen atoms in total. The number of aryl methyl sites for hydroxylation is 1. The van der Waals surface area contributed by atoms with Gasteiger partial charge in [0.05, 0.1) is 6.54 Å². The van der Waals surface area contributed by atoms with Crippen LogP contribution in [0.1, 0.15) is 27.4 Å². The summed E-state index contributed by atoms with van der Waals surface area (Å²) < 4.78 is 13.1. The maximum Gasteiger partial charge on any atom is 0.292 e. The lowest BCUT2D eigenvalue weighted by Crippen LogP contribution is -2.12. The van der Waals surface area contributed by atoms with E-state index in [1.54, 1.807) is 35.0 Å². The fourth-order valence-corrected chi connectivity index (χ4v) is 3.19. The quantitative estimate of drug-likeness (QED) is 0.438. The topological polar surface area (TPSA) is 69.3 Å². The number of rotatable bonds is 7. The van der Waals surface area contributed by atoms with Crippen LogP contribution in [0.5, 0.6) is 5.75 Å². The van der Waals surface area contributed by atoms with Crippen molar-refractivity contribution in [3.05, 3.63) is 101 Å². The maximum atomic E-state index is 12.5. The number of carbonyl (C=O) groups excluding carboxylic acids is 1. The van der Waals surface area contributed by atoms with Crippen molar-refractivity contribution < 1.29 is 13.9 Å². The van der Waals surface area contributed by atoms with E-state index in [9.17, 15) is 4.79 Å². The Morgan fingerprint density at radius 1 is 1.13 bits per heavy atom. The molecule has 0 aliphatic carbocycles. The van der Waals surface area contributed by atoms with Crippen molar-refractivity contribution in [2.75, 3.05) is 5.32 Å². The van der Waals surface area contributed by atoms with E-state index in [0.717, 1.165) is 11.1 Å². The Morgan fingerprint density at radius 2 is 1.97 bits per heavy atom. The van der Waals surface area contributed by atoms with E-state index >= 15 is 0 Å². The van der Waals surface area contributed by atoms with Crippen molar-refractivity contribution >= 4 is 23.3 Å². The van der Waals surface area contributed by atoms with Crippen LogP contribution in [-0.4, -0.2) is 15.7 Å². The van der Waals surface area contributed by atoms with Gasteiger partial charge in [0, 0.05) is 17.3 Å². The van der Waals surface area contributed by atoms with Gasteiger partial charge in [0.2, 0.25) is 0 Å². The predicted octanol–water partition coefficient (Wildman–Crippen LogP) is 5.32. The largest absolute Gasteiger partial charge is 0.485 e. The van der Waals surface area contributed by atoms with Crippen LogP contribution in [0.15, 0.2) is 77.3 Å². The molecular weight excluding hydrogens is 402 g/mol. The Morgan fingerprint density at radius 3 is 2.77 bits per heavy atom. The first-order valence-electron chi connectivity index (χ1n) is 9.43. The zero-order chi connectivity index (χ0) is 20.9. The Kier molecular flexibility index (Phi) is 5.86. The van der Waals surface area contributed by atoms with Gasteiger partial charge in [-0.15, -0.1) is 0 Å². The van der Waals surface area contributed by atoms with Crippen molar-refractivity contribution in [3.8, 4) is 5.75 Å². The van der Waals surface area contributed by atoms with Crippen LogP contribution in [0.4, 0.5) is 5.82 Å². The van der Waals surface area contributed by atoms with E-state index in [2.05, 4.69) is 10.4 Å². The first kappa shape index (κ1) is 19.8. The highest BCUT2D eigenvalue weighted by atomic mass is 35.5. The molecule has 0 saturated carbocycles. The SMILES string of the molecule is Cc1cc(Cl)ccc1OCc1ccc(C(=O)Nc2ccn(Cc3ccccc3)n2)o1. The number of hydrogen-bond acceptors (Lipinski definition) is 4. The van der Waals surface area contributed by atoms with Gasteiger partial charge in [-0.05, 0) is 48.4 Å². The monoisotopic (exact) mass is 421 g/mol. The van der Waals surface area contributed by atoms with Gasteiger partial charge in [-0.1, -0.05) is 41.9 Å². The number of ether oxygens (including phenoxy) is 1. The van der Waals surface area contributed by atoms with Crippen LogP contribution in [0, 0.1) is 6.92 Å². The van der Waals surface area contributed by atoms with Crippen LogP contribution >= 0.6 is 11.6 Å². The Labute approximate surface area is 179 Å². The summed E-state index contributed by atoms with van der Waals surface area (Å²) in [5, 5.41) is 7.78. The number of amides is 1. The van der Waals surface area contributed by atoms with Crippen molar-refractivity contribution in [2.24, 2.45) is 0 Å². The van der Waals surface area contributed by atoms with Gasteiger partial charge in [-0.2, -0.15) is 5.10 Å². The second-order valence-electron chi connectivity index (χ2n) is 6.80. The zero-order valence-electron chi connectivity index (χ0n) is 16.3. The van der Waals surface area contributed by atoms with Crippen molar-refractivity contribution in [2.45, 2.75) is 20.1 Å². The predicted molar refractivity (Wildman–Crippen MR) is 115 cm³/mol. The minimum Gasteiger partial charge on any atom is -0.485 e. The zero-order valence-corrected chi connectivity index (χ0v) is 17.1. The molecule has 4 rings (SSSR count). The van der Waals surface area contributed by atoms with Crippen LogP contribution < -0.4 is 10.1 Å². The third-order valence-corrected chi connectivity index (χ3v) is 4.70. The number of nitrogens with one attached hydrogen (secondary N) is 1. The molecule has 0 bridgehead atoms. The molecule has 0 unspecified atom stereocenters. The summed E-state index contributed by atoms with van der Waals surface area (Å²) in [4.78, 5) is 12.5. The Bertz CT molecular complexity index is 1150. The highest BCUT2D eigenvalue weighted by Gasteiger charge is 2.13. The second kappa shape index (κ2) is 8.88. The lowest BCUT2D eigenvalue weighted by Gasteiger charge is -2.07. The lowest BCUT2D eigenvalue weighted by atomic mass is 10.2. The van der Waals surface area contributed by atoms with E-state index in [1.807, 2.05) is 49.5 Å². The number of halogens is 1. The molecule has 4 aromatic rings. The van der Waals surface area contributed by atoms with E-state index in [-0.39, 0.29) is 18.3 Å². The Hall–Kier alpha value is -3.51. The first-order valence-corrected chi connectivity index (χ1v) is 9.81. The highest BCUT2D eigenvalue weighted by Crippen LogP contribution is 2.23. The molecule has 152 valence electrons. The molecule has 1 amide bonds. The highest BCUT2D eigenvalue weighted by molar-refractivity contribution is 6.30. The van der Waals surface area contributed by atoms with Crippen molar-refractivity contribution in [3.63, 3.8) is 0 Å². The number of anilines is 1. The second-order valence-corrected chi connectivity index (χ2v) is 7.24. The van der Waals surface area contributed by atoms with E-state index < -0.39 is 0 Å². The maximum absolute atomic E-state index is 12.5. The number of carbonyl (C=O) groups is 1. The number of aromatic nitrogens is 2. The standard InChI is InChI=1S/C23H20ClN3O3/c1-16-13-18(24)7-9-20(16)29-15-19-8-10-21(30-19)23(28)25-22-11-12-27(26-22)14-17-5-3-2-4-6-17/h2-13H,14-15H2,1H3,(H,25,26,28). The molecule has 0 radical (unpaired) electrons. The molecule has 2 heterocycles. The molecule has 0 saturated heterocycles. The van der Waals surface area contributed by atoms with E-state index in [1.165, 1.54) is 0 Å². The number of hydrogen-bond donors (Lipinski definition) is 1. The summed E-state index contributed by atoms with van der Waals surface area (Å²) in [7, 11) is 0. The van der Waals surface area contributed by atoms with Gasteiger partial charge < -0.3 is 14.5 Å². The normalized spacial score (nSPS) is 10.7. The third-order valence-electron chi connectivity index (χ3n) is 4.46. The summed E-state index contributed by atoms with van der Waals surface area (Å²) in [6.07, 6.45) is 1.82. The molecule has 0 spiro atoms. The summed E-state index contributed by atoms with van der Waals surface area (Å²) in [5.41, 5.74) is 2.06. The van der Waals surface area contributed by atoms with Crippen LogP contribution in [0.2, 0.25) is 5.02 Å². The summed E-state index contributed by atoms with van der Waals surface area (Å²) in [6, 6.07) is 20.5. The molecule has 7 heteroatoms. The average molecular weight is 422 g/mol. The fraction of sp³-hybridized carbons (Fsp3) is 0.130. The van der Waals surface area contributed by atoms with Gasteiger partial charge in [0.15, 0.2) is 11.6 Å². The minimum absolute atomic E-state index is 0.194. The molecule has 1 N–H and O–H groups in total. The number of benzene rings is 2. The van der Waals surface area contributed by atoms with Gasteiger partial charge >= 0.3 is 0 Å². The number of nitrogens with zero attached hydrogens (tertiary/aromatic N) is 2. The van der Waals surface area contributed by atoms with Crippen LogP contribution in [0.25, 0.3) is 0 Å². The van der Waals surface area contributed by atoms with Gasteiger partial charge in [0.1, 0.15) is 18.1 Å². The van der Waals surface area contributed by atoms with Gasteiger partial charge in [-0.3, -0.25) is 9.48 Å². The molecule has 30 heavy (non-hydrogen) atoms. The summed E-state index contributed by atoms with van der Waals surface area (Å²) in [5.74, 6) is 1.55. The van der Waals surface area contributed by atoms with Crippen LogP contribution in [-0.2, 0) is 13.2 Å². The summed E-state index contributed by atoms with van der Waals surface area (Å²) in [6.45, 7) is 2.75. The van der Waals surface area contributed by atoms with Crippen LogP contribution in [0.3, 0.4) is 0 Å². The minimum atomic E-state index is -0.367. The lowest BCUT2D eigenvalue weighted by molar-refractivity contribution is 0.0992. The third kappa shape index (κ3) is 4.90. The molecule has 0 fully saturated rings. The smallest absolute Gasteiger partial charge is 0.292 e. The summed E-state index contributed by atoms with van der Waals surface area (Å²) >= 11 is 5.96. The first-order chi connectivity index (χ1) is 14.6. The molecule has 0 atom stereocenters. The Balaban J connectivity index is 1.34. The molecule has 0 aliphatic rings. The van der Waals surface area contributed by atoms with E-state index in [0.29, 0.717) is 28.9 Å². The van der Waals surface area contributed by atoms with Crippen molar-refractivity contribution in [1.82, 2.24) is 9.78 Å². The van der Waals surface area contributed by atoms with E-state index in [4.69, 9.17) is 20.8 Å². The van der Waals surface area contributed by atoms with Crippen molar-refractivity contribution in [1.29, 1.82) is 0 Å². The fourth-order valence-electron chi connectivity index (χ4n) is 2.97. The molecule has 2 aromatic heterocycles. The number of furan rings is 1. The molecule has 2 aromatic carbocycles.